The summed E-state index contributed by atoms with van der Waals surface area (Å²) in [5.41, 5.74) is 10.0. The molecule has 3 heterocycles. The molecule has 0 bridgehead atoms. The van der Waals surface area contributed by atoms with E-state index in [-0.39, 0.29) is 0 Å². The van der Waals surface area contributed by atoms with Crippen LogP contribution in [0.25, 0.3) is 27.6 Å². The van der Waals surface area contributed by atoms with Gasteiger partial charge >= 0.3 is 0 Å². The Hall–Kier alpha value is -3.16. The maximum absolute atomic E-state index is 12.2. The van der Waals surface area contributed by atoms with Crippen LogP contribution in [0.1, 0.15) is 16.2 Å². The summed E-state index contributed by atoms with van der Waals surface area (Å²) in [6, 6.07) is 11.6. The second kappa shape index (κ2) is 7.27. The van der Waals surface area contributed by atoms with Gasteiger partial charge in [-0.1, -0.05) is 23.7 Å². The molecule has 0 saturated carbocycles. The number of amides is 1. The molecule has 0 aliphatic carbocycles. The van der Waals surface area contributed by atoms with Crippen LogP contribution in [-0.4, -0.2) is 46.7 Å². The molecule has 1 fully saturated rings. The number of carbonyl (C=O) groups excluding carboxylic acids is 1. The maximum atomic E-state index is 12.2. The fraction of sp³-hybridized carbons (Fsp3) is 0.227. The number of hydrogen-bond donors (Lipinski definition) is 1. The number of pyridine rings is 1. The van der Waals surface area contributed by atoms with Crippen molar-refractivity contribution in [3.63, 3.8) is 0 Å². The summed E-state index contributed by atoms with van der Waals surface area (Å²) in [6.45, 7) is 4.72. The van der Waals surface area contributed by atoms with Crippen LogP contribution in [0.2, 0.25) is 5.02 Å². The van der Waals surface area contributed by atoms with Crippen molar-refractivity contribution in [1.82, 2.24) is 14.5 Å². The number of halogens is 1. The Labute approximate surface area is 178 Å². The number of para-hydroxylation sites is 1. The summed E-state index contributed by atoms with van der Waals surface area (Å²) in [6.07, 6.45) is 1.77. The number of rotatable bonds is 3. The van der Waals surface area contributed by atoms with E-state index in [0.717, 1.165) is 46.7 Å². The van der Waals surface area contributed by atoms with Crippen molar-refractivity contribution >= 4 is 45.1 Å². The zero-order valence-electron chi connectivity index (χ0n) is 16.4. The van der Waals surface area contributed by atoms with Gasteiger partial charge < -0.3 is 15.4 Å². The number of anilines is 1. The van der Waals surface area contributed by atoms with Gasteiger partial charge in [-0.2, -0.15) is 0 Å². The van der Waals surface area contributed by atoms with Crippen molar-refractivity contribution in [1.29, 1.82) is 0 Å². The Morgan fingerprint density at radius 1 is 1.13 bits per heavy atom. The summed E-state index contributed by atoms with van der Waals surface area (Å²) in [7, 11) is 0. The highest BCUT2D eigenvalue weighted by molar-refractivity contribution is 6.35. The number of primary amides is 1. The normalized spacial score (nSPS) is 14.5. The molecule has 2 N–H and O–H groups in total. The van der Waals surface area contributed by atoms with E-state index >= 15 is 0 Å². The number of hydrogen-bond acceptors (Lipinski definition) is 5. The number of imidazole rings is 1. The summed E-state index contributed by atoms with van der Waals surface area (Å²) in [5.74, 6) is 0.248. The van der Waals surface area contributed by atoms with Gasteiger partial charge in [0.15, 0.2) is 0 Å². The molecule has 7 nitrogen and oxygen atoms in total. The molecule has 4 aromatic rings. The van der Waals surface area contributed by atoms with Crippen LogP contribution in [0.4, 0.5) is 5.69 Å². The molecule has 0 radical (unpaired) electrons. The van der Waals surface area contributed by atoms with E-state index in [1.807, 2.05) is 41.8 Å². The Balaban J connectivity index is 1.75. The van der Waals surface area contributed by atoms with Crippen molar-refractivity contribution in [2.75, 3.05) is 31.2 Å². The van der Waals surface area contributed by atoms with Crippen LogP contribution in [0.5, 0.6) is 0 Å². The monoisotopic (exact) mass is 421 g/mol. The summed E-state index contributed by atoms with van der Waals surface area (Å²) < 4.78 is 7.46. The Kier molecular flexibility index (Phi) is 4.56. The lowest BCUT2D eigenvalue weighted by atomic mass is 10.1. The number of fused-ring (bicyclic) bond motifs is 2. The van der Waals surface area contributed by atoms with Crippen molar-refractivity contribution < 1.29 is 9.53 Å². The predicted molar refractivity (Wildman–Crippen MR) is 118 cm³/mol. The van der Waals surface area contributed by atoms with E-state index in [9.17, 15) is 4.79 Å². The minimum absolute atomic E-state index is 0.410. The lowest BCUT2D eigenvalue weighted by Gasteiger charge is -2.29. The standard InChI is InChI=1S/C22H20ClN5O2/c1-13-26-21-17(22(24)29)10-15(27-5-7-30-8-6-27)11-19(21)28(13)16-9-14-3-2-4-18(23)20(14)25-12-16/h2-4,9-12H,5-8H2,1H3,(H2,24,29). The average Bonchev–Trinajstić information content (AvgIpc) is 3.09. The van der Waals surface area contributed by atoms with Crippen molar-refractivity contribution in [2.45, 2.75) is 6.92 Å². The number of benzene rings is 2. The zero-order valence-corrected chi connectivity index (χ0v) is 17.2. The fourth-order valence-corrected chi connectivity index (χ4v) is 4.26. The SMILES string of the molecule is Cc1nc2c(C(N)=O)cc(N3CCOCC3)cc2n1-c1cnc2c(Cl)cccc2c1. The molecule has 2 aromatic heterocycles. The number of morpholine rings is 1. The first-order valence-corrected chi connectivity index (χ1v) is 10.1. The van der Waals surface area contributed by atoms with E-state index in [4.69, 9.17) is 22.1 Å². The molecular formula is C22H20ClN5O2. The maximum Gasteiger partial charge on any atom is 0.251 e. The molecule has 8 heteroatoms. The molecule has 1 saturated heterocycles. The highest BCUT2D eigenvalue weighted by Gasteiger charge is 2.20. The van der Waals surface area contributed by atoms with Crippen LogP contribution in [0.3, 0.4) is 0 Å². The Morgan fingerprint density at radius 2 is 1.93 bits per heavy atom. The number of carbonyl (C=O) groups is 1. The molecule has 5 rings (SSSR count). The second-order valence-electron chi connectivity index (χ2n) is 7.32. The lowest BCUT2D eigenvalue weighted by molar-refractivity contribution is 0.100. The number of aryl methyl sites for hydroxylation is 1. The minimum atomic E-state index is -0.497. The van der Waals surface area contributed by atoms with E-state index in [2.05, 4.69) is 20.9 Å². The van der Waals surface area contributed by atoms with Gasteiger partial charge in [-0.05, 0) is 31.2 Å². The second-order valence-corrected chi connectivity index (χ2v) is 7.73. The topological polar surface area (TPSA) is 86.3 Å². The quantitative estimate of drug-likeness (QED) is 0.547. The third-order valence-electron chi connectivity index (χ3n) is 5.46. The van der Waals surface area contributed by atoms with E-state index in [1.54, 1.807) is 6.20 Å². The van der Waals surface area contributed by atoms with Gasteiger partial charge in [0.05, 0.1) is 46.7 Å². The number of nitrogens with two attached hydrogens (primary N) is 1. The van der Waals surface area contributed by atoms with Gasteiger partial charge in [0.2, 0.25) is 0 Å². The molecule has 2 aromatic carbocycles. The van der Waals surface area contributed by atoms with Crippen LogP contribution in [0, 0.1) is 6.92 Å². The predicted octanol–water partition coefficient (Wildman–Crippen LogP) is 3.47. The van der Waals surface area contributed by atoms with E-state index < -0.39 is 5.91 Å². The first-order chi connectivity index (χ1) is 14.5. The summed E-state index contributed by atoms with van der Waals surface area (Å²) in [5, 5.41) is 1.54. The molecule has 30 heavy (non-hydrogen) atoms. The summed E-state index contributed by atoms with van der Waals surface area (Å²) in [4.78, 5) is 23.6. The first kappa shape index (κ1) is 18.8. The molecule has 1 aliphatic rings. The zero-order chi connectivity index (χ0) is 20.8. The lowest BCUT2D eigenvalue weighted by Crippen LogP contribution is -2.36. The van der Waals surface area contributed by atoms with Gasteiger partial charge in [0, 0.05) is 24.2 Å². The Morgan fingerprint density at radius 3 is 2.70 bits per heavy atom. The molecule has 0 spiro atoms. The van der Waals surface area contributed by atoms with Crippen molar-refractivity contribution in [2.24, 2.45) is 5.73 Å². The van der Waals surface area contributed by atoms with Gasteiger partial charge in [0.25, 0.3) is 5.91 Å². The summed E-state index contributed by atoms with van der Waals surface area (Å²) >= 11 is 6.27. The van der Waals surface area contributed by atoms with Crippen LogP contribution < -0.4 is 10.6 Å². The van der Waals surface area contributed by atoms with Crippen molar-refractivity contribution in [3.8, 4) is 5.69 Å². The fourth-order valence-electron chi connectivity index (χ4n) is 4.03. The van der Waals surface area contributed by atoms with Crippen LogP contribution >= 0.6 is 11.6 Å². The smallest absolute Gasteiger partial charge is 0.251 e. The first-order valence-electron chi connectivity index (χ1n) is 9.73. The van der Waals surface area contributed by atoms with Crippen LogP contribution in [0.15, 0.2) is 42.6 Å². The van der Waals surface area contributed by atoms with E-state index in [1.165, 1.54) is 0 Å². The van der Waals surface area contributed by atoms with Gasteiger partial charge in [-0.3, -0.25) is 14.3 Å². The van der Waals surface area contributed by atoms with E-state index in [0.29, 0.717) is 29.3 Å². The number of aromatic nitrogens is 3. The molecular weight excluding hydrogens is 402 g/mol. The van der Waals surface area contributed by atoms with Gasteiger partial charge in [0.1, 0.15) is 11.3 Å². The van der Waals surface area contributed by atoms with Gasteiger partial charge in [-0.15, -0.1) is 0 Å². The van der Waals surface area contributed by atoms with Gasteiger partial charge in [-0.25, -0.2) is 4.98 Å². The Bertz CT molecular complexity index is 1290. The molecule has 152 valence electrons. The molecule has 1 aliphatic heterocycles. The average molecular weight is 422 g/mol. The van der Waals surface area contributed by atoms with Crippen molar-refractivity contribution in [3.05, 3.63) is 59.0 Å². The molecule has 0 atom stereocenters. The molecule has 1 amide bonds. The third-order valence-corrected chi connectivity index (χ3v) is 5.76. The highest BCUT2D eigenvalue weighted by Crippen LogP contribution is 2.31. The molecule has 0 unspecified atom stereocenters. The highest BCUT2D eigenvalue weighted by atomic mass is 35.5. The number of ether oxygens (including phenoxy) is 1. The van der Waals surface area contributed by atoms with Crippen LogP contribution in [-0.2, 0) is 4.74 Å². The third kappa shape index (κ3) is 3.07. The minimum Gasteiger partial charge on any atom is -0.378 e. The number of nitrogens with zero attached hydrogens (tertiary/aromatic N) is 4. The largest absolute Gasteiger partial charge is 0.378 e.